The van der Waals surface area contributed by atoms with Crippen LogP contribution in [0.25, 0.3) is 22.8 Å². The first-order valence-electron chi connectivity index (χ1n) is 12.7. The van der Waals surface area contributed by atoms with Crippen LogP contribution >= 0.6 is 0 Å². The van der Waals surface area contributed by atoms with Crippen LogP contribution in [0.15, 0.2) is 48.5 Å². The number of hydrogen-bond acceptors (Lipinski definition) is 4. The van der Waals surface area contributed by atoms with Crippen LogP contribution in [0.4, 0.5) is 10.1 Å². The first-order valence-corrected chi connectivity index (χ1v) is 12.7. The number of fused-ring (bicyclic) bond motifs is 1. The fourth-order valence-corrected chi connectivity index (χ4v) is 5.20. The van der Waals surface area contributed by atoms with Gasteiger partial charge in [-0.15, -0.1) is 0 Å². The lowest BCUT2D eigenvalue weighted by molar-refractivity contribution is -0.119. The smallest absolute Gasteiger partial charge is 0.256 e. The third-order valence-corrected chi connectivity index (χ3v) is 6.87. The van der Waals surface area contributed by atoms with Crippen molar-refractivity contribution in [3.8, 4) is 11.1 Å². The van der Waals surface area contributed by atoms with Crippen molar-refractivity contribution in [1.82, 2.24) is 20.5 Å². The number of aryl methyl sites for hydroxylation is 1. The number of aromatic amines is 1. The maximum absolute atomic E-state index is 14.0. The lowest BCUT2D eigenvalue weighted by Crippen LogP contribution is -2.38. The summed E-state index contributed by atoms with van der Waals surface area (Å²) in [5.41, 5.74) is 4.85. The van der Waals surface area contributed by atoms with E-state index in [0.717, 1.165) is 30.8 Å². The first kappa shape index (κ1) is 25.4. The maximum Gasteiger partial charge on any atom is 0.256 e. The molecule has 4 N–H and O–H groups in total. The van der Waals surface area contributed by atoms with E-state index in [1.807, 2.05) is 19.1 Å². The SMILES string of the molecule is CC(=O)NC1CCN(CCNC(=O)c2cc(C)[nH]c2/C=C2\C(=O)Nc3cccc(-c4cccc(F)c4)c32)C1. The summed E-state index contributed by atoms with van der Waals surface area (Å²) < 4.78 is 14.0. The number of H-pyrrole nitrogens is 1. The number of nitrogens with zero attached hydrogens (tertiary/aromatic N) is 1. The molecule has 3 aromatic rings. The van der Waals surface area contributed by atoms with Crippen LogP contribution in [-0.4, -0.2) is 59.8 Å². The second-order valence-electron chi connectivity index (χ2n) is 9.77. The van der Waals surface area contributed by atoms with Crippen molar-refractivity contribution in [3.63, 3.8) is 0 Å². The highest BCUT2D eigenvalue weighted by atomic mass is 19.1. The first-order chi connectivity index (χ1) is 18.3. The quantitative estimate of drug-likeness (QED) is 0.361. The number of likely N-dealkylation sites (tertiary alicyclic amines) is 1. The van der Waals surface area contributed by atoms with E-state index in [1.165, 1.54) is 19.1 Å². The highest BCUT2D eigenvalue weighted by molar-refractivity contribution is 6.36. The van der Waals surface area contributed by atoms with Gasteiger partial charge in [-0.3, -0.25) is 19.3 Å². The standard InChI is InChI=1S/C29H30FN5O3/c1-17-13-23(28(37)31-10-12-35-11-9-21(16-35)33-18(2)36)26(32-17)15-24-27-22(19-5-3-6-20(30)14-19)7-4-8-25(27)34-29(24)38/h3-8,13-15,21,32H,9-12,16H2,1-2H3,(H,31,37)(H,33,36)(H,34,38)/b24-15-. The molecule has 2 aliphatic heterocycles. The second-order valence-corrected chi connectivity index (χ2v) is 9.77. The van der Waals surface area contributed by atoms with E-state index in [0.29, 0.717) is 46.7 Å². The van der Waals surface area contributed by atoms with Crippen LogP contribution in [0.3, 0.4) is 0 Å². The number of rotatable bonds is 7. The van der Waals surface area contributed by atoms with E-state index < -0.39 is 0 Å². The van der Waals surface area contributed by atoms with E-state index in [9.17, 15) is 18.8 Å². The molecule has 2 aromatic carbocycles. The molecular formula is C29H30FN5O3. The van der Waals surface area contributed by atoms with Gasteiger partial charge in [-0.05, 0) is 54.8 Å². The number of hydrogen-bond donors (Lipinski definition) is 4. The zero-order valence-electron chi connectivity index (χ0n) is 21.4. The third kappa shape index (κ3) is 5.38. The second kappa shape index (κ2) is 10.6. The molecule has 0 saturated carbocycles. The monoisotopic (exact) mass is 515 g/mol. The largest absolute Gasteiger partial charge is 0.358 e. The maximum atomic E-state index is 14.0. The number of halogens is 1. The summed E-state index contributed by atoms with van der Waals surface area (Å²) in [4.78, 5) is 42.8. The van der Waals surface area contributed by atoms with Gasteiger partial charge in [0.05, 0.1) is 16.8 Å². The molecule has 5 rings (SSSR count). The van der Waals surface area contributed by atoms with E-state index >= 15 is 0 Å². The molecule has 1 fully saturated rings. The number of amides is 3. The fraction of sp³-hybridized carbons (Fsp3) is 0.276. The summed E-state index contributed by atoms with van der Waals surface area (Å²) >= 11 is 0. The topological polar surface area (TPSA) is 106 Å². The van der Waals surface area contributed by atoms with Gasteiger partial charge in [0.1, 0.15) is 5.82 Å². The predicted molar refractivity (Wildman–Crippen MR) is 145 cm³/mol. The summed E-state index contributed by atoms with van der Waals surface area (Å²) in [6.45, 7) is 6.13. The summed E-state index contributed by atoms with van der Waals surface area (Å²) in [6.07, 6.45) is 2.58. The molecule has 1 saturated heterocycles. The van der Waals surface area contributed by atoms with E-state index in [2.05, 4.69) is 25.8 Å². The molecule has 196 valence electrons. The van der Waals surface area contributed by atoms with Crippen LogP contribution in [0.1, 0.15) is 40.7 Å². The molecule has 3 amide bonds. The minimum atomic E-state index is -0.360. The van der Waals surface area contributed by atoms with Crippen molar-refractivity contribution in [3.05, 3.63) is 76.9 Å². The van der Waals surface area contributed by atoms with E-state index in [4.69, 9.17) is 0 Å². The van der Waals surface area contributed by atoms with Gasteiger partial charge in [-0.2, -0.15) is 0 Å². The number of benzene rings is 2. The molecule has 8 nitrogen and oxygen atoms in total. The molecule has 0 spiro atoms. The molecule has 3 heterocycles. The van der Waals surface area contributed by atoms with E-state index in [1.54, 1.807) is 30.3 Å². The highest BCUT2D eigenvalue weighted by Crippen LogP contribution is 2.40. The Hall–Kier alpha value is -4.24. The van der Waals surface area contributed by atoms with Gasteiger partial charge >= 0.3 is 0 Å². The number of nitrogens with one attached hydrogen (secondary N) is 4. The van der Waals surface area contributed by atoms with Crippen LogP contribution in [0.2, 0.25) is 0 Å². The minimum absolute atomic E-state index is 0.0312. The Bertz CT molecular complexity index is 1440. The van der Waals surface area contributed by atoms with Gasteiger partial charge in [0.25, 0.3) is 11.8 Å². The average Bonchev–Trinajstić information content (AvgIpc) is 3.56. The molecule has 38 heavy (non-hydrogen) atoms. The molecule has 9 heteroatoms. The van der Waals surface area contributed by atoms with Crippen molar-refractivity contribution in [2.75, 3.05) is 31.5 Å². The summed E-state index contributed by atoms with van der Waals surface area (Å²) in [5, 5.41) is 8.80. The van der Waals surface area contributed by atoms with Crippen molar-refractivity contribution in [2.24, 2.45) is 0 Å². The van der Waals surface area contributed by atoms with Gasteiger partial charge < -0.3 is 20.9 Å². The van der Waals surface area contributed by atoms with Gasteiger partial charge in [-0.25, -0.2) is 4.39 Å². The lowest BCUT2D eigenvalue weighted by atomic mass is 9.94. The van der Waals surface area contributed by atoms with Crippen molar-refractivity contribution in [2.45, 2.75) is 26.3 Å². The molecule has 1 unspecified atom stereocenters. The van der Waals surface area contributed by atoms with Crippen molar-refractivity contribution < 1.29 is 18.8 Å². The minimum Gasteiger partial charge on any atom is -0.358 e. The molecular weight excluding hydrogens is 485 g/mol. The van der Waals surface area contributed by atoms with Crippen LogP contribution < -0.4 is 16.0 Å². The Labute approximate surface area is 220 Å². The van der Waals surface area contributed by atoms with Crippen LogP contribution in [0.5, 0.6) is 0 Å². The van der Waals surface area contributed by atoms with Gasteiger partial charge in [0.15, 0.2) is 0 Å². The molecule has 2 aliphatic rings. The Morgan fingerprint density at radius 3 is 2.79 bits per heavy atom. The summed E-state index contributed by atoms with van der Waals surface area (Å²) in [7, 11) is 0. The average molecular weight is 516 g/mol. The van der Waals surface area contributed by atoms with Gasteiger partial charge in [-0.1, -0.05) is 24.3 Å². The Morgan fingerprint density at radius 2 is 2.00 bits per heavy atom. The zero-order valence-corrected chi connectivity index (χ0v) is 21.4. The predicted octanol–water partition coefficient (Wildman–Crippen LogP) is 3.56. The van der Waals surface area contributed by atoms with E-state index in [-0.39, 0.29) is 29.6 Å². The van der Waals surface area contributed by atoms with Gasteiger partial charge in [0, 0.05) is 56.1 Å². The Balaban J connectivity index is 1.35. The van der Waals surface area contributed by atoms with Crippen LogP contribution in [0, 0.1) is 12.7 Å². The number of carbonyl (C=O) groups excluding carboxylic acids is 3. The normalized spacial score (nSPS) is 17.9. The van der Waals surface area contributed by atoms with Crippen molar-refractivity contribution in [1.29, 1.82) is 0 Å². The fourth-order valence-electron chi connectivity index (χ4n) is 5.20. The van der Waals surface area contributed by atoms with Gasteiger partial charge in [0.2, 0.25) is 5.91 Å². The van der Waals surface area contributed by atoms with Crippen molar-refractivity contribution >= 4 is 35.1 Å². The molecule has 0 aliphatic carbocycles. The molecule has 1 aromatic heterocycles. The number of carbonyl (C=O) groups is 3. The lowest BCUT2D eigenvalue weighted by Gasteiger charge is -2.16. The molecule has 0 radical (unpaired) electrons. The Morgan fingerprint density at radius 1 is 1.18 bits per heavy atom. The third-order valence-electron chi connectivity index (χ3n) is 6.87. The number of anilines is 1. The van der Waals surface area contributed by atoms with Crippen LogP contribution in [-0.2, 0) is 9.59 Å². The summed E-state index contributed by atoms with van der Waals surface area (Å²) in [6, 6.07) is 13.6. The summed E-state index contributed by atoms with van der Waals surface area (Å²) in [5.74, 6) is -0.918. The zero-order chi connectivity index (χ0) is 26.8. The molecule has 1 atom stereocenters. The highest BCUT2D eigenvalue weighted by Gasteiger charge is 2.28. The molecule has 0 bridgehead atoms. The Kier molecular flexibility index (Phi) is 7.11. The number of aromatic nitrogens is 1.